The number of hydrogen-bond donors (Lipinski definition) is 1. The monoisotopic (exact) mass is 307 g/mol. The van der Waals surface area contributed by atoms with Crippen LogP contribution in [0.4, 0.5) is 0 Å². The Labute approximate surface area is 115 Å². The molecule has 0 spiro atoms. The van der Waals surface area contributed by atoms with Crippen LogP contribution >= 0.6 is 15.9 Å². The number of ether oxygens (including phenoxy) is 1. The predicted octanol–water partition coefficient (Wildman–Crippen LogP) is 3.48. The second-order valence-electron chi connectivity index (χ2n) is 4.00. The highest BCUT2D eigenvalue weighted by Gasteiger charge is 2.01. The molecule has 3 nitrogen and oxygen atoms in total. The van der Waals surface area contributed by atoms with E-state index in [1.807, 2.05) is 36.4 Å². The summed E-state index contributed by atoms with van der Waals surface area (Å²) < 4.78 is 6.56. The van der Waals surface area contributed by atoms with Crippen LogP contribution in [0.1, 0.15) is 24.3 Å². The molecule has 0 aliphatic rings. The van der Waals surface area contributed by atoms with Crippen LogP contribution in [0.5, 0.6) is 5.75 Å². The van der Waals surface area contributed by atoms with Crippen molar-refractivity contribution in [2.24, 2.45) is 0 Å². The Morgan fingerprint density at radius 1 is 1.22 bits per heavy atom. The number of benzene rings is 1. The van der Waals surface area contributed by atoms with Crippen molar-refractivity contribution in [1.29, 1.82) is 0 Å². The van der Waals surface area contributed by atoms with Gasteiger partial charge in [-0.1, -0.05) is 12.1 Å². The third-order valence-electron chi connectivity index (χ3n) is 2.54. The molecule has 2 rings (SSSR count). The molecule has 1 heterocycles. The molecule has 0 amide bonds. The predicted molar refractivity (Wildman–Crippen MR) is 73.3 cm³/mol. The quantitative estimate of drug-likeness (QED) is 0.940. The lowest BCUT2D eigenvalue weighted by Crippen LogP contribution is -1.98. The molecular weight excluding hydrogens is 294 g/mol. The number of rotatable bonds is 4. The van der Waals surface area contributed by atoms with Gasteiger partial charge in [-0.15, -0.1) is 0 Å². The zero-order valence-corrected chi connectivity index (χ0v) is 11.6. The molecule has 0 saturated heterocycles. The number of halogens is 1. The first-order valence-electron chi connectivity index (χ1n) is 5.66. The highest BCUT2D eigenvalue weighted by atomic mass is 79.9. The minimum atomic E-state index is -0.452. The summed E-state index contributed by atoms with van der Waals surface area (Å²) >= 11 is 3.34. The van der Waals surface area contributed by atoms with E-state index in [1.165, 1.54) is 0 Å². The fraction of sp³-hybridized carbons (Fsp3) is 0.214. The average Bonchev–Trinajstić information content (AvgIpc) is 2.38. The minimum absolute atomic E-state index is 0.432. The Morgan fingerprint density at radius 3 is 2.50 bits per heavy atom. The van der Waals surface area contributed by atoms with E-state index < -0.39 is 6.10 Å². The molecule has 1 aromatic heterocycles. The van der Waals surface area contributed by atoms with Crippen molar-refractivity contribution in [2.45, 2.75) is 19.6 Å². The van der Waals surface area contributed by atoms with Crippen molar-refractivity contribution in [1.82, 2.24) is 4.98 Å². The fourth-order valence-corrected chi connectivity index (χ4v) is 1.73. The molecule has 0 bridgehead atoms. The lowest BCUT2D eigenvalue weighted by molar-refractivity contribution is 0.199. The third kappa shape index (κ3) is 3.55. The molecule has 0 aliphatic heterocycles. The van der Waals surface area contributed by atoms with Crippen LogP contribution in [0.15, 0.2) is 47.1 Å². The highest BCUT2D eigenvalue weighted by Crippen LogP contribution is 2.18. The number of nitrogens with zero attached hydrogens (tertiary/aromatic N) is 1. The van der Waals surface area contributed by atoms with Crippen LogP contribution in [-0.4, -0.2) is 10.1 Å². The summed E-state index contributed by atoms with van der Waals surface area (Å²) in [7, 11) is 0. The van der Waals surface area contributed by atoms with Crippen LogP contribution in [0.2, 0.25) is 0 Å². The molecule has 94 valence electrons. The fourth-order valence-electron chi connectivity index (χ4n) is 1.49. The summed E-state index contributed by atoms with van der Waals surface area (Å²) in [4.78, 5) is 4.23. The Morgan fingerprint density at radius 2 is 1.94 bits per heavy atom. The maximum atomic E-state index is 9.39. The molecule has 1 unspecified atom stereocenters. The van der Waals surface area contributed by atoms with Gasteiger partial charge in [0.15, 0.2) is 0 Å². The Bertz CT molecular complexity index is 494. The number of aromatic nitrogens is 1. The van der Waals surface area contributed by atoms with Gasteiger partial charge in [0, 0.05) is 10.7 Å². The van der Waals surface area contributed by atoms with Gasteiger partial charge in [0.25, 0.3) is 0 Å². The van der Waals surface area contributed by atoms with Crippen molar-refractivity contribution in [2.75, 3.05) is 0 Å². The van der Waals surface area contributed by atoms with Crippen LogP contribution in [0, 0.1) is 0 Å². The molecule has 1 atom stereocenters. The lowest BCUT2D eigenvalue weighted by Gasteiger charge is -2.08. The van der Waals surface area contributed by atoms with Gasteiger partial charge in [-0.05, 0) is 52.7 Å². The molecule has 18 heavy (non-hydrogen) atoms. The Hall–Kier alpha value is -1.39. The van der Waals surface area contributed by atoms with Crippen molar-refractivity contribution < 1.29 is 9.84 Å². The van der Waals surface area contributed by atoms with Gasteiger partial charge in [0.1, 0.15) is 12.4 Å². The van der Waals surface area contributed by atoms with E-state index in [0.717, 1.165) is 21.5 Å². The van der Waals surface area contributed by atoms with Crippen molar-refractivity contribution >= 4 is 15.9 Å². The van der Waals surface area contributed by atoms with E-state index in [9.17, 15) is 5.11 Å². The Kier molecular flexibility index (Phi) is 4.33. The van der Waals surface area contributed by atoms with Crippen molar-refractivity contribution in [3.63, 3.8) is 0 Å². The van der Waals surface area contributed by atoms with Gasteiger partial charge >= 0.3 is 0 Å². The van der Waals surface area contributed by atoms with Crippen molar-refractivity contribution in [3.8, 4) is 5.75 Å². The first kappa shape index (κ1) is 13.1. The molecule has 0 saturated carbocycles. The molecular formula is C14H14BrNO2. The molecule has 2 aromatic rings. The molecule has 0 radical (unpaired) electrons. The van der Waals surface area contributed by atoms with E-state index >= 15 is 0 Å². The zero-order valence-electron chi connectivity index (χ0n) is 10.0. The SMILES string of the molecule is CC(O)c1ccc(OCc2ccc(Br)cn2)cc1. The summed E-state index contributed by atoms with van der Waals surface area (Å²) in [5, 5.41) is 9.39. The molecule has 0 fully saturated rings. The maximum absolute atomic E-state index is 9.39. The van der Waals surface area contributed by atoms with Gasteiger partial charge in [0.2, 0.25) is 0 Å². The van der Waals surface area contributed by atoms with Crippen LogP contribution < -0.4 is 4.74 Å². The maximum Gasteiger partial charge on any atom is 0.130 e. The van der Waals surface area contributed by atoms with Crippen molar-refractivity contribution in [3.05, 3.63) is 58.3 Å². The van der Waals surface area contributed by atoms with Crippen LogP contribution in [-0.2, 0) is 6.61 Å². The number of hydrogen-bond acceptors (Lipinski definition) is 3. The van der Waals surface area contributed by atoms with E-state index in [-0.39, 0.29) is 0 Å². The van der Waals surface area contributed by atoms with E-state index in [1.54, 1.807) is 13.1 Å². The summed E-state index contributed by atoms with van der Waals surface area (Å²) in [6, 6.07) is 11.3. The summed E-state index contributed by atoms with van der Waals surface area (Å²) in [6.07, 6.45) is 1.29. The van der Waals surface area contributed by atoms with Gasteiger partial charge in [-0.3, -0.25) is 4.98 Å². The van der Waals surface area contributed by atoms with Gasteiger partial charge in [0.05, 0.1) is 11.8 Å². The molecule has 4 heteroatoms. The number of pyridine rings is 1. The minimum Gasteiger partial charge on any atom is -0.487 e. The summed E-state index contributed by atoms with van der Waals surface area (Å²) in [5.41, 5.74) is 1.75. The zero-order chi connectivity index (χ0) is 13.0. The molecule has 1 N–H and O–H groups in total. The summed E-state index contributed by atoms with van der Waals surface area (Å²) in [5.74, 6) is 0.768. The van der Waals surface area contributed by atoms with E-state index in [4.69, 9.17) is 4.74 Å². The first-order valence-corrected chi connectivity index (χ1v) is 6.46. The van der Waals surface area contributed by atoms with Crippen LogP contribution in [0.3, 0.4) is 0 Å². The average molecular weight is 308 g/mol. The molecule has 1 aromatic carbocycles. The first-order chi connectivity index (χ1) is 8.65. The standard InChI is InChI=1S/C14H14BrNO2/c1-10(17)11-2-6-14(7-3-11)18-9-13-5-4-12(15)8-16-13/h2-8,10,17H,9H2,1H3. The third-order valence-corrected chi connectivity index (χ3v) is 3.01. The molecule has 0 aliphatic carbocycles. The Balaban J connectivity index is 1.95. The van der Waals surface area contributed by atoms with E-state index in [2.05, 4.69) is 20.9 Å². The van der Waals surface area contributed by atoms with Gasteiger partial charge < -0.3 is 9.84 Å². The lowest BCUT2D eigenvalue weighted by atomic mass is 10.1. The van der Waals surface area contributed by atoms with Crippen LogP contribution in [0.25, 0.3) is 0 Å². The smallest absolute Gasteiger partial charge is 0.130 e. The second kappa shape index (κ2) is 5.98. The number of aliphatic hydroxyl groups excluding tert-OH is 1. The normalized spacial score (nSPS) is 12.2. The summed E-state index contributed by atoms with van der Waals surface area (Å²) in [6.45, 7) is 2.17. The van der Waals surface area contributed by atoms with Gasteiger partial charge in [-0.25, -0.2) is 0 Å². The highest BCUT2D eigenvalue weighted by molar-refractivity contribution is 9.10. The second-order valence-corrected chi connectivity index (χ2v) is 4.92. The number of aliphatic hydroxyl groups is 1. The van der Waals surface area contributed by atoms with Gasteiger partial charge in [-0.2, -0.15) is 0 Å². The topological polar surface area (TPSA) is 42.4 Å². The largest absolute Gasteiger partial charge is 0.487 e. The van der Waals surface area contributed by atoms with E-state index in [0.29, 0.717) is 6.61 Å².